The standard InChI is InChI=1S/C15H21NO4S/c1-4-16(13-7-8-21(18,19)10-13)15(17)12-5-6-14(20-3)11(2)9-12/h5-6,9,13H,4,7-8,10H2,1-3H3. The Morgan fingerprint density at radius 3 is 2.62 bits per heavy atom. The molecule has 6 heteroatoms. The van der Waals surface area contributed by atoms with Crippen LogP contribution in [0.1, 0.15) is 29.3 Å². The van der Waals surface area contributed by atoms with Gasteiger partial charge in [0.25, 0.3) is 5.91 Å². The molecular weight excluding hydrogens is 290 g/mol. The Hall–Kier alpha value is -1.56. The summed E-state index contributed by atoms with van der Waals surface area (Å²) in [5.41, 5.74) is 1.46. The highest BCUT2D eigenvalue weighted by molar-refractivity contribution is 7.91. The minimum Gasteiger partial charge on any atom is -0.496 e. The maximum absolute atomic E-state index is 12.6. The molecule has 0 bridgehead atoms. The summed E-state index contributed by atoms with van der Waals surface area (Å²) < 4.78 is 28.4. The van der Waals surface area contributed by atoms with Crippen LogP contribution in [0.2, 0.25) is 0 Å². The van der Waals surface area contributed by atoms with E-state index in [1.165, 1.54) is 0 Å². The van der Waals surface area contributed by atoms with E-state index in [1.54, 1.807) is 30.2 Å². The molecule has 1 atom stereocenters. The molecular formula is C15H21NO4S. The van der Waals surface area contributed by atoms with Gasteiger partial charge < -0.3 is 9.64 Å². The zero-order valence-corrected chi connectivity index (χ0v) is 13.4. The molecule has 0 radical (unpaired) electrons. The first-order chi connectivity index (χ1) is 9.88. The van der Waals surface area contributed by atoms with Gasteiger partial charge in [-0.1, -0.05) is 0 Å². The molecule has 116 valence electrons. The smallest absolute Gasteiger partial charge is 0.254 e. The predicted octanol–water partition coefficient (Wildman–Crippen LogP) is 1.65. The first kappa shape index (κ1) is 15.8. The molecule has 1 fully saturated rings. The molecule has 1 heterocycles. The van der Waals surface area contributed by atoms with Crippen LogP contribution in [0, 0.1) is 6.92 Å². The number of hydrogen-bond acceptors (Lipinski definition) is 4. The Labute approximate surface area is 125 Å². The van der Waals surface area contributed by atoms with Crippen molar-refractivity contribution in [2.24, 2.45) is 0 Å². The summed E-state index contributed by atoms with van der Waals surface area (Å²) in [6.07, 6.45) is 0.525. The van der Waals surface area contributed by atoms with E-state index in [9.17, 15) is 13.2 Å². The minimum atomic E-state index is -3.00. The number of amides is 1. The Bertz CT molecular complexity index is 639. The van der Waals surface area contributed by atoms with E-state index in [2.05, 4.69) is 0 Å². The average molecular weight is 311 g/mol. The molecule has 2 rings (SSSR count). The molecule has 1 amide bonds. The van der Waals surface area contributed by atoms with Crippen molar-refractivity contribution in [2.75, 3.05) is 25.2 Å². The van der Waals surface area contributed by atoms with Crippen molar-refractivity contribution in [3.63, 3.8) is 0 Å². The number of nitrogens with zero attached hydrogens (tertiary/aromatic N) is 1. The van der Waals surface area contributed by atoms with Gasteiger partial charge in [0.15, 0.2) is 9.84 Å². The number of sulfone groups is 1. The Morgan fingerprint density at radius 2 is 2.14 bits per heavy atom. The van der Waals surface area contributed by atoms with Crippen LogP contribution >= 0.6 is 0 Å². The molecule has 1 aliphatic heterocycles. The normalized spacial score (nSPS) is 20.2. The van der Waals surface area contributed by atoms with Crippen LogP contribution < -0.4 is 4.74 Å². The van der Waals surface area contributed by atoms with Crippen LogP contribution in [-0.4, -0.2) is 50.4 Å². The molecule has 1 aromatic carbocycles. The zero-order chi connectivity index (χ0) is 15.6. The van der Waals surface area contributed by atoms with E-state index in [0.717, 1.165) is 11.3 Å². The third-order valence-electron chi connectivity index (χ3n) is 3.89. The molecule has 1 aliphatic rings. The van der Waals surface area contributed by atoms with E-state index in [0.29, 0.717) is 18.5 Å². The third-order valence-corrected chi connectivity index (χ3v) is 5.64. The summed E-state index contributed by atoms with van der Waals surface area (Å²) in [7, 11) is -1.41. The number of carbonyl (C=O) groups is 1. The summed E-state index contributed by atoms with van der Waals surface area (Å²) in [5, 5.41) is 0. The maximum Gasteiger partial charge on any atom is 0.254 e. The summed E-state index contributed by atoms with van der Waals surface area (Å²) >= 11 is 0. The van der Waals surface area contributed by atoms with Crippen molar-refractivity contribution in [3.8, 4) is 5.75 Å². The predicted molar refractivity (Wildman–Crippen MR) is 81.5 cm³/mol. The maximum atomic E-state index is 12.6. The fraction of sp³-hybridized carbons (Fsp3) is 0.533. The number of rotatable bonds is 4. The van der Waals surface area contributed by atoms with Gasteiger partial charge >= 0.3 is 0 Å². The zero-order valence-electron chi connectivity index (χ0n) is 12.6. The van der Waals surface area contributed by atoms with Crippen molar-refractivity contribution < 1.29 is 17.9 Å². The van der Waals surface area contributed by atoms with Gasteiger partial charge in [-0.15, -0.1) is 0 Å². The van der Waals surface area contributed by atoms with Gasteiger partial charge in [-0.25, -0.2) is 8.42 Å². The SMILES string of the molecule is CCN(C(=O)c1ccc(OC)c(C)c1)C1CCS(=O)(=O)C1. The van der Waals surface area contributed by atoms with E-state index in [-0.39, 0.29) is 23.5 Å². The average Bonchev–Trinajstić information content (AvgIpc) is 2.79. The number of hydrogen-bond donors (Lipinski definition) is 0. The topological polar surface area (TPSA) is 63.7 Å². The van der Waals surface area contributed by atoms with Gasteiger partial charge in [-0.3, -0.25) is 4.79 Å². The molecule has 0 spiro atoms. The molecule has 1 saturated heterocycles. The van der Waals surface area contributed by atoms with Crippen LogP contribution in [0.3, 0.4) is 0 Å². The van der Waals surface area contributed by atoms with Gasteiger partial charge in [0.2, 0.25) is 0 Å². The van der Waals surface area contributed by atoms with Crippen molar-refractivity contribution in [1.29, 1.82) is 0 Å². The fourth-order valence-electron chi connectivity index (χ4n) is 2.77. The molecule has 21 heavy (non-hydrogen) atoms. The molecule has 5 nitrogen and oxygen atoms in total. The Kier molecular flexibility index (Phi) is 4.56. The van der Waals surface area contributed by atoms with Crippen LogP contribution in [0.4, 0.5) is 0 Å². The second-order valence-corrected chi connectivity index (χ2v) is 7.56. The quantitative estimate of drug-likeness (QED) is 0.848. The summed E-state index contributed by atoms with van der Waals surface area (Å²) in [6.45, 7) is 4.26. The highest BCUT2D eigenvalue weighted by Gasteiger charge is 2.34. The highest BCUT2D eigenvalue weighted by Crippen LogP contribution is 2.23. The van der Waals surface area contributed by atoms with Gasteiger partial charge in [-0.2, -0.15) is 0 Å². The van der Waals surface area contributed by atoms with E-state index >= 15 is 0 Å². The number of ether oxygens (including phenoxy) is 1. The lowest BCUT2D eigenvalue weighted by Crippen LogP contribution is -2.41. The molecule has 0 N–H and O–H groups in total. The summed E-state index contributed by atoms with van der Waals surface area (Å²) in [6, 6.07) is 5.06. The number of aryl methyl sites for hydroxylation is 1. The molecule has 1 unspecified atom stereocenters. The van der Waals surface area contributed by atoms with Crippen LogP contribution in [0.15, 0.2) is 18.2 Å². The van der Waals surface area contributed by atoms with Gasteiger partial charge in [0.05, 0.1) is 18.6 Å². The Morgan fingerprint density at radius 1 is 1.43 bits per heavy atom. The van der Waals surface area contributed by atoms with E-state index < -0.39 is 9.84 Å². The van der Waals surface area contributed by atoms with Crippen LogP contribution in [-0.2, 0) is 9.84 Å². The lowest BCUT2D eigenvalue weighted by Gasteiger charge is -2.27. The summed E-state index contributed by atoms with van der Waals surface area (Å²) in [4.78, 5) is 14.3. The third kappa shape index (κ3) is 3.37. The molecule has 1 aromatic rings. The molecule has 0 aromatic heterocycles. The lowest BCUT2D eigenvalue weighted by atomic mass is 10.1. The van der Waals surface area contributed by atoms with E-state index in [4.69, 9.17) is 4.74 Å². The monoisotopic (exact) mass is 311 g/mol. The van der Waals surface area contributed by atoms with Crippen LogP contribution in [0.5, 0.6) is 5.75 Å². The van der Waals surface area contributed by atoms with Gasteiger partial charge in [0.1, 0.15) is 5.75 Å². The number of methoxy groups -OCH3 is 1. The molecule has 0 aliphatic carbocycles. The lowest BCUT2D eigenvalue weighted by molar-refractivity contribution is 0.0708. The summed E-state index contributed by atoms with van der Waals surface area (Å²) in [5.74, 6) is 0.855. The first-order valence-electron chi connectivity index (χ1n) is 7.04. The van der Waals surface area contributed by atoms with Crippen molar-refractivity contribution >= 4 is 15.7 Å². The molecule has 0 saturated carbocycles. The largest absolute Gasteiger partial charge is 0.496 e. The van der Waals surface area contributed by atoms with Crippen molar-refractivity contribution in [3.05, 3.63) is 29.3 Å². The van der Waals surface area contributed by atoms with E-state index in [1.807, 2.05) is 13.8 Å². The fourth-order valence-corrected chi connectivity index (χ4v) is 4.50. The van der Waals surface area contributed by atoms with Crippen molar-refractivity contribution in [1.82, 2.24) is 4.90 Å². The highest BCUT2D eigenvalue weighted by atomic mass is 32.2. The second kappa shape index (κ2) is 6.05. The first-order valence-corrected chi connectivity index (χ1v) is 8.86. The van der Waals surface area contributed by atoms with Gasteiger partial charge in [0, 0.05) is 18.2 Å². The van der Waals surface area contributed by atoms with Crippen molar-refractivity contribution in [2.45, 2.75) is 26.3 Å². The number of benzene rings is 1. The second-order valence-electron chi connectivity index (χ2n) is 5.33. The Balaban J connectivity index is 2.23. The van der Waals surface area contributed by atoms with Gasteiger partial charge in [-0.05, 0) is 44.0 Å². The van der Waals surface area contributed by atoms with Crippen LogP contribution in [0.25, 0.3) is 0 Å². The number of carbonyl (C=O) groups excluding carboxylic acids is 1. The minimum absolute atomic E-state index is 0.0711.